The van der Waals surface area contributed by atoms with Gasteiger partial charge in [0, 0.05) is 24.0 Å². The zero-order chi connectivity index (χ0) is 54.3. The van der Waals surface area contributed by atoms with Gasteiger partial charge in [-0.3, -0.25) is 10.4 Å². The first-order valence-electron chi connectivity index (χ1n) is 20.9. The Balaban J connectivity index is 0.000000550. The van der Waals surface area contributed by atoms with Crippen molar-refractivity contribution in [1.29, 1.82) is 0 Å². The number of allylic oxidation sites excluding steroid dienone is 2. The average molecular weight is 1720 g/mol. The maximum absolute atomic E-state index is 13.3. The van der Waals surface area contributed by atoms with Crippen molar-refractivity contribution < 1.29 is 63.6 Å². The standard InChI is InChI=1S/C16H13F3IN3O2S.C16H13F3N3O2S.9CH3.H10P8.Pd.3Sn/c17-16(18,19)15-9-14(10-1-3-11(20)4-2-10)23(22-15)12-5-7-13(8-6-12)26(21,24)25;17-16(18,19)15-10-14(11-4-2-1-3-5-11)22(21-15)12-6-8-13(9-7-12)25(20,23)24;;;;;;;;;;1-4-6-7-8(3)5-2;;;;/h1-9,14,22H,(H2,21,24,25);2-10,14,21H,(H2,20,23,24);9*1H3;4-7H,1-3H2;;;;. The van der Waals surface area contributed by atoms with Gasteiger partial charge in [0.2, 0.25) is 10.0 Å². The van der Waals surface area contributed by atoms with E-state index in [0.717, 1.165) is 31.6 Å². The Kier molecular flexibility index (Phi) is 33.3. The van der Waals surface area contributed by atoms with Gasteiger partial charge in [0.05, 0.1) is 16.6 Å². The molecule has 2 aliphatic rings. The third-order valence-electron chi connectivity index (χ3n) is 8.90. The van der Waals surface area contributed by atoms with Crippen molar-refractivity contribution in [3.8, 4) is 0 Å². The Morgan fingerprint density at radius 1 is 0.639 bits per heavy atom. The van der Waals surface area contributed by atoms with Crippen LogP contribution in [0.1, 0.15) is 23.2 Å². The summed E-state index contributed by atoms with van der Waals surface area (Å²) in [6.07, 6.45) is -6.84. The average Bonchev–Trinajstić information content (AvgIpc) is 3.93. The minimum atomic E-state index is -4.53. The van der Waals surface area contributed by atoms with Crippen LogP contribution in [0.15, 0.2) is 130 Å². The van der Waals surface area contributed by atoms with Crippen molar-refractivity contribution in [3.05, 3.63) is 135 Å². The number of halogens is 7. The largest absolute Gasteiger partial charge is 0 e. The molecule has 10 unspecified atom stereocenters. The number of alkyl halides is 6. The van der Waals surface area contributed by atoms with Crippen LogP contribution < -0.4 is 34.7 Å². The summed E-state index contributed by atoms with van der Waals surface area (Å²) in [6, 6.07) is 24.1. The molecule has 0 aliphatic carbocycles. The number of rotatable bonds is 11. The summed E-state index contributed by atoms with van der Waals surface area (Å²) in [5.41, 5.74) is 5.13. The number of nitrogens with zero attached hydrogens (tertiary/aromatic N) is 2. The van der Waals surface area contributed by atoms with E-state index in [4.69, 9.17) is 10.3 Å². The number of nitrogens with two attached hydrogens (primary N) is 2. The first-order valence-corrected chi connectivity index (χ1v) is 66.5. The van der Waals surface area contributed by atoms with Gasteiger partial charge in [-0.25, -0.2) is 13.6 Å². The molecular weight excluding hydrogens is 1660 g/mol. The van der Waals surface area contributed by atoms with Crippen LogP contribution in [0.2, 0.25) is 44.5 Å². The predicted molar refractivity (Wildman–Crippen MR) is 325 cm³/mol. The van der Waals surface area contributed by atoms with Crippen LogP contribution in [0.3, 0.4) is 0 Å². The molecule has 0 bridgehead atoms. The molecule has 31 heteroatoms. The summed E-state index contributed by atoms with van der Waals surface area (Å²) in [6.45, 7) is 0.357. The van der Waals surface area contributed by atoms with Gasteiger partial charge in [-0.15, -0.1) is 26.8 Å². The molecule has 0 saturated carbocycles. The Hall–Kier alpha value is 2.19. The van der Waals surface area contributed by atoms with Gasteiger partial charge in [0.25, 0.3) is 0 Å². The molecule has 10 nitrogen and oxygen atoms in total. The number of sulfonamides is 2. The van der Waals surface area contributed by atoms with Crippen molar-refractivity contribution in [2.24, 2.45) is 10.3 Å². The van der Waals surface area contributed by atoms with E-state index in [1.165, 1.54) is 78.0 Å². The van der Waals surface area contributed by atoms with Crippen molar-refractivity contribution in [2.45, 2.75) is 78.7 Å². The number of anilines is 2. The summed E-state index contributed by atoms with van der Waals surface area (Å²) in [5, 5.41) is 12.8. The summed E-state index contributed by atoms with van der Waals surface area (Å²) >= 11 is -1.26. The Labute approximate surface area is 483 Å². The van der Waals surface area contributed by atoms with Crippen LogP contribution in [0, 0.1) is 3.57 Å². The molecule has 0 spiro atoms. The normalized spacial score (nSPS) is 16.8. The van der Waals surface area contributed by atoms with E-state index in [1.54, 1.807) is 24.3 Å². The van der Waals surface area contributed by atoms with Gasteiger partial charge in [0.1, 0.15) is 5.70 Å². The van der Waals surface area contributed by atoms with Gasteiger partial charge in [0.15, 0.2) is 0 Å². The summed E-state index contributed by atoms with van der Waals surface area (Å²) in [4.78, 5) is 20.8. The molecule has 6 rings (SSSR count). The van der Waals surface area contributed by atoms with E-state index in [0.29, 0.717) is 29.5 Å². The number of hydrogen-bond donors (Lipinski definition) is 4. The topological polar surface area (TPSA) is 151 Å². The van der Waals surface area contributed by atoms with E-state index < -0.39 is 114 Å². The van der Waals surface area contributed by atoms with E-state index in [9.17, 15) is 43.2 Å². The molecule has 2 aliphatic heterocycles. The predicted octanol–water partition coefficient (Wildman–Crippen LogP) is 13.8. The van der Waals surface area contributed by atoms with Gasteiger partial charge in [-0.2, -0.15) is 13.2 Å². The fourth-order valence-electron chi connectivity index (χ4n) is 5.75. The minimum Gasteiger partial charge on any atom is 0 e. The Bertz CT molecular complexity index is 2570. The Morgan fingerprint density at radius 2 is 0.958 bits per heavy atom. The van der Waals surface area contributed by atoms with Gasteiger partial charge >= 0.3 is 248 Å². The van der Waals surface area contributed by atoms with Crippen molar-refractivity contribution >= 4 is 181 Å². The molecule has 0 saturated heterocycles. The van der Waals surface area contributed by atoms with Crippen LogP contribution in [-0.2, 0) is 40.5 Å². The van der Waals surface area contributed by atoms with Gasteiger partial charge in [-0.05, 0) is 77.6 Å². The van der Waals surface area contributed by atoms with Crippen LogP contribution in [0.5, 0.6) is 0 Å². The zero-order valence-electron chi connectivity index (χ0n) is 40.7. The molecule has 2 heterocycles. The fourth-order valence-corrected chi connectivity index (χ4v) is 40.7. The number of hydrazine groups is 2. The monoisotopic (exact) mass is 1720 g/mol. The van der Waals surface area contributed by atoms with E-state index in [-0.39, 0.29) is 30.2 Å². The van der Waals surface area contributed by atoms with Crippen LogP contribution in [-0.4, -0.2) is 87.1 Å². The molecule has 0 aromatic heterocycles. The van der Waals surface area contributed by atoms with Crippen molar-refractivity contribution in [1.82, 2.24) is 10.9 Å². The third kappa shape index (κ3) is 26.2. The van der Waals surface area contributed by atoms with Crippen LogP contribution >= 0.6 is 88.2 Å². The van der Waals surface area contributed by atoms with Crippen LogP contribution in [0.4, 0.5) is 37.7 Å². The minimum absolute atomic E-state index is 0. The summed E-state index contributed by atoms with van der Waals surface area (Å²) < 4.78 is 127. The second-order valence-electron chi connectivity index (χ2n) is 17.4. The second kappa shape index (κ2) is 33.2. The zero-order valence-corrected chi connectivity index (χ0v) is 63.0. The second-order valence-corrected chi connectivity index (χ2v) is 76.3. The smallest absolute Gasteiger partial charge is 0 e. The molecule has 0 fully saturated rings. The first kappa shape index (κ1) is 72.2. The molecule has 0 amide bonds. The van der Waals surface area contributed by atoms with Crippen LogP contribution in [0.25, 0.3) is 0 Å². The molecule has 72 heavy (non-hydrogen) atoms. The number of hydrogen-bond acceptors (Lipinski definition) is 8. The van der Waals surface area contributed by atoms with Gasteiger partial charge in [-0.1, -0.05) is 44.0 Å². The van der Waals surface area contributed by atoms with Gasteiger partial charge < -0.3 is 0 Å². The Morgan fingerprint density at radius 3 is 1.22 bits per heavy atom. The van der Waals surface area contributed by atoms with Crippen molar-refractivity contribution in [2.75, 3.05) is 10.0 Å². The number of nitrogens with one attached hydrogen (secondary N) is 2. The molecule has 6 N–H and O–H groups in total. The first-order chi connectivity index (χ1) is 32.6. The summed E-state index contributed by atoms with van der Waals surface area (Å²) in [5.74, 6) is 0. The third-order valence-corrected chi connectivity index (χ3v) is 48.4. The molecular formula is C41H63F6IN6O4P8PdS2Sn3. The van der Waals surface area contributed by atoms with E-state index in [2.05, 4.69) is 105 Å². The number of benzene rings is 4. The van der Waals surface area contributed by atoms with Crippen molar-refractivity contribution in [3.63, 3.8) is 0 Å². The maximum atomic E-state index is 13.3. The molecule has 4 aromatic rings. The van der Waals surface area contributed by atoms with E-state index in [1.807, 2.05) is 24.3 Å². The molecule has 2 radical (unpaired) electrons. The quantitative estimate of drug-likeness (QED) is 0.0502. The molecule has 4 aromatic carbocycles. The molecule has 404 valence electrons. The summed E-state index contributed by atoms with van der Waals surface area (Å²) in [7, 11) is 5.50. The van der Waals surface area contributed by atoms with E-state index >= 15 is 0 Å². The maximum Gasteiger partial charge on any atom is 0 e. The number of primary sulfonamides is 2. The SMILES string of the molecule is NS(=O)(=O)c1ccc(N2NC(C(F)(F)F)=CC2c2ccc(I)cc2)cc1.PPPPP(P)PP.[CH3][Sn]([CH3])([CH3])[c]1ccc(C2C=C(C(F)(F)F)NN2c2ccc(S(N)(=O)=O)cc2)cc1.[CH3][Sn]([CH3])[CH3].[CH3][Sn]([CH3])[CH3].[Pd]. The fraction of sp³-hybridized carbons (Fsp3) is 0.317. The molecule has 10 atom stereocenters.